The van der Waals surface area contributed by atoms with E-state index in [0.717, 1.165) is 25.9 Å². The van der Waals surface area contributed by atoms with Gasteiger partial charge in [0.15, 0.2) is 0 Å². The first kappa shape index (κ1) is 29.0. The number of benzene rings is 2. The van der Waals surface area contributed by atoms with Crippen molar-refractivity contribution in [3.8, 4) is 0 Å². The van der Waals surface area contributed by atoms with Crippen LogP contribution in [0.2, 0.25) is 0 Å². The fourth-order valence-electron chi connectivity index (χ4n) is 4.85. The summed E-state index contributed by atoms with van der Waals surface area (Å²) in [7, 11) is -3.78. The SMILES string of the molecule is CC(C)(C)NS(=O)(=O)c1cccc(NC(=O)c2ccc(C(=O)NC(C)(C)CO)cc2N2CCC3(CC2)CC3)c1. The molecule has 10 heteroatoms. The van der Waals surface area contributed by atoms with Crippen LogP contribution in [0.5, 0.6) is 0 Å². The van der Waals surface area contributed by atoms with E-state index in [9.17, 15) is 23.1 Å². The van der Waals surface area contributed by atoms with Crippen molar-refractivity contribution in [3.63, 3.8) is 0 Å². The Bertz CT molecular complexity index is 1350. The maximum atomic E-state index is 13.5. The Balaban J connectivity index is 1.61. The normalized spacial score (nSPS) is 17.1. The van der Waals surface area contributed by atoms with Crippen molar-refractivity contribution in [1.29, 1.82) is 0 Å². The fraction of sp³-hybridized carbons (Fsp3) is 0.517. The average molecular weight is 557 g/mol. The van der Waals surface area contributed by atoms with Gasteiger partial charge in [-0.2, -0.15) is 0 Å². The van der Waals surface area contributed by atoms with Crippen molar-refractivity contribution >= 4 is 33.2 Å². The van der Waals surface area contributed by atoms with Crippen LogP contribution in [0.1, 0.15) is 81.0 Å². The first-order chi connectivity index (χ1) is 18.1. The van der Waals surface area contributed by atoms with Crippen LogP contribution in [0.15, 0.2) is 47.4 Å². The highest BCUT2D eigenvalue weighted by atomic mass is 32.2. The van der Waals surface area contributed by atoms with E-state index in [1.165, 1.54) is 25.0 Å². The number of sulfonamides is 1. The molecule has 0 bridgehead atoms. The van der Waals surface area contributed by atoms with Crippen LogP contribution in [-0.2, 0) is 10.0 Å². The molecule has 1 aliphatic carbocycles. The van der Waals surface area contributed by atoms with Gasteiger partial charge >= 0.3 is 0 Å². The first-order valence-corrected chi connectivity index (χ1v) is 14.9. The molecule has 4 rings (SSSR count). The number of piperidine rings is 1. The third-order valence-corrected chi connectivity index (χ3v) is 9.07. The van der Waals surface area contributed by atoms with Crippen LogP contribution >= 0.6 is 0 Å². The summed E-state index contributed by atoms with van der Waals surface area (Å²) in [4.78, 5) is 28.7. The fourth-order valence-corrected chi connectivity index (χ4v) is 6.31. The molecule has 0 unspecified atom stereocenters. The van der Waals surface area contributed by atoms with Crippen LogP contribution < -0.4 is 20.3 Å². The maximum absolute atomic E-state index is 13.5. The largest absolute Gasteiger partial charge is 0.394 e. The van der Waals surface area contributed by atoms with E-state index in [1.54, 1.807) is 65.0 Å². The molecule has 0 radical (unpaired) electrons. The average Bonchev–Trinajstić information content (AvgIpc) is 3.61. The molecule has 0 atom stereocenters. The minimum Gasteiger partial charge on any atom is -0.394 e. The Kier molecular flexibility index (Phi) is 7.86. The number of rotatable bonds is 8. The van der Waals surface area contributed by atoms with Gasteiger partial charge in [-0.05, 0) is 102 Å². The standard InChI is InChI=1S/C29H40N4O5S/c1-27(2,3)32-39(37,38)22-8-6-7-21(18-22)30-26(36)23-10-9-20(25(35)31-28(4,5)19-34)17-24(23)33-15-13-29(11-12-29)14-16-33/h6-10,17-18,32,34H,11-16,19H2,1-5H3,(H,30,36)(H,31,35). The lowest BCUT2D eigenvalue weighted by Gasteiger charge is -2.35. The number of nitrogens with one attached hydrogen (secondary N) is 3. The zero-order chi connectivity index (χ0) is 28.6. The van der Waals surface area contributed by atoms with Crippen LogP contribution in [0, 0.1) is 5.41 Å². The number of anilines is 2. The van der Waals surface area contributed by atoms with Crippen molar-refractivity contribution in [2.45, 2.75) is 76.3 Å². The Morgan fingerprint density at radius 1 is 0.949 bits per heavy atom. The molecule has 1 aliphatic heterocycles. The number of aliphatic hydroxyl groups excluding tert-OH is 1. The van der Waals surface area contributed by atoms with Gasteiger partial charge in [0.1, 0.15) is 0 Å². The van der Waals surface area contributed by atoms with E-state index in [2.05, 4.69) is 20.3 Å². The minimum absolute atomic E-state index is 0.0553. The van der Waals surface area contributed by atoms with Gasteiger partial charge in [-0.15, -0.1) is 0 Å². The minimum atomic E-state index is -3.78. The molecular weight excluding hydrogens is 516 g/mol. The predicted octanol–water partition coefficient (Wildman–Crippen LogP) is 3.90. The zero-order valence-corrected chi connectivity index (χ0v) is 24.2. The summed E-state index contributed by atoms with van der Waals surface area (Å²) in [5.74, 6) is -0.722. The van der Waals surface area contributed by atoms with Gasteiger partial charge in [-0.3, -0.25) is 9.59 Å². The van der Waals surface area contributed by atoms with Gasteiger partial charge < -0.3 is 20.6 Å². The Morgan fingerprint density at radius 3 is 2.21 bits per heavy atom. The number of aliphatic hydroxyl groups is 1. The Morgan fingerprint density at radius 2 is 1.62 bits per heavy atom. The van der Waals surface area contributed by atoms with Crippen LogP contribution in [0.25, 0.3) is 0 Å². The van der Waals surface area contributed by atoms with E-state index in [4.69, 9.17) is 0 Å². The molecule has 2 aromatic rings. The summed E-state index contributed by atoms with van der Waals surface area (Å²) in [6.07, 6.45) is 4.58. The molecule has 2 aromatic carbocycles. The molecule has 0 aromatic heterocycles. The second-order valence-electron chi connectivity index (χ2n) is 12.6. The summed E-state index contributed by atoms with van der Waals surface area (Å²) >= 11 is 0. The van der Waals surface area contributed by atoms with Gasteiger partial charge in [0.2, 0.25) is 10.0 Å². The number of carbonyl (C=O) groups excluding carboxylic acids is 2. The number of nitrogens with zero attached hydrogens (tertiary/aromatic N) is 1. The highest BCUT2D eigenvalue weighted by molar-refractivity contribution is 7.89. The van der Waals surface area contributed by atoms with Gasteiger partial charge in [0, 0.05) is 29.9 Å². The lowest BCUT2D eigenvalue weighted by Crippen LogP contribution is -2.46. The number of carbonyl (C=O) groups is 2. The first-order valence-electron chi connectivity index (χ1n) is 13.4. The number of hydrogen-bond donors (Lipinski definition) is 4. The van der Waals surface area contributed by atoms with Crippen LogP contribution in [0.3, 0.4) is 0 Å². The molecule has 9 nitrogen and oxygen atoms in total. The van der Waals surface area contributed by atoms with E-state index in [0.29, 0.717) is 27.9 Å². The Labute approximate surface area is 231 Å². The van der Waals surface area contributed by atoms with E-state index in [1.807, 2.05) is 0 Å². The van der Waals surface area contributed by atoms with Crippen molar-refractivity contribution < 1.29 is 23.1 Å². The van der Waals surface area contributed by atoms with Gasteiger partial charge in [-0.1, -0.05) is 6.07 Å². The van der Waals surface area contributed by atoms with Crippen molar-refractivity contribution in [3.05, 3.63) is 53.6 Å². The Hall–Kier alpha value is -2.95. The number of hydrogen-bond acceptors (Lipinski definition) is 6. The summed E-state index contributed by atoms with van der Waals surface area (Å²) in [6, 6.07) is 11.1. The van der Waals surface area contributed by atoms with Gasteiger partial charge in [0.25, 0.3) is 11.8 Å². The van der Waals surface area contributed by atoms with Gasteiger partial charge in [-0.25, -0.2) is 13.1 Å². The molecule has 212 valence electrons. The van der Waals surface area contributed by atoms with E-state index < -0.39 is 27.0 Å². The molecule has 2 aliphatic rings. The van der Waals surface area contributed by atoms with Crippen molar-refractivity contribution in [1.82, 2.24) is 10.0 Å². The third kappa shape index (κ3) is 7.17. The summed E-state index contributed by atoms with van der Waals surface area (Å²) in [5.41, 5.74) is 0.814. The number of amides is 2. The second kappa shape index (κ2) is 10.6. The highest BCUT2D eigenvalue weighted by Gasteiger charge is 2.44. The third-order valence-electron chi connectivity index (χ3n) is 7.32. The topological polar surface area (TPSA) is 128 Å². The van der Waals surface area contributed by atoms with E-state index in [-0.39, 0.29) is 17.4 Å². The molecule has 39 heavy (non-hydrogen) atoms. The lowest BCUT2D eigenvalue weighted by atomic mass is 9.92. The van der Waals surface area contributed by atoms with Gasteiger partial charge in [0.05, 0.1) is 28.3 Å². The van der Waals surface area contributed by atoms with Crippen molar-refractivity contribution in [2.75, 3.05) is 29.9 Å². The highest BCUT2D eigenvalue weighted by Crippen LogP contribution is 2.54. The summed E-state index contributed by atoms with van der Waals surface area (Å²) < 4.78 is 28.2. The molecule has 4 N–H and O–H groups in total. The molecular formula is C29H40N4O5S. The monoisotopic (exact) mass is 556 g/mol. The molecule has 1 saturated heterocycles. The molecule has 2 fully saturated rings. The lowest BCUT2D eigenvalue weighted by molar-refractivity contribution is 0.0868. The molecule has 1 saturated carbocycles. The maximum Gasteiger partial charge on any atom is 0.257 e. The van der Waals surface area contributed by atoms with Crippen molar-refractivity contribution in [2.24, 2.45) is 5.41 Å². The van der Waals surface area contributed by atoms with E-state index >= 15 is 0 Å². The smallest absolute Gasteiger partial charge is 0.257 e. The quantitative estimate of drug-likeness (QED) is 0.391. The summed E-state index contributed by atoms with van der Waals surface area (Å²) in [5, 5.41) is 15.2. The molecule has 1 spiro atoms. The second-order valence-corrected chi connectivity index (χ2v) is 14.2. The molecule has 2 amide bonds. The van der Waals surface area contributed by atoms with Crippen LogP contribution in [0.4, 0.5) is 11.4 Å². The zero-order valence-electron chi connectivity index (χ0n) is 23.4. The molecule has 1 heterocycles. The van der Waals surface area contributed by atoms with Crippen LogP contribution in [-0.4, -0.2) is 56.1 Å². The summed E-state index contributed by atoms with van der Waals surface area (Å²) in [6.45, 7) is 10.1. The predicted molar refractivity (Wildman–Crippen MR) is 153 cm³/mol.